The number of amides is 3. The highest BCUT2D eigenvalue weighted by molar-refractivity contribution is 5.78. The predicted octanol–water partition coefficient (Wildman–Crippen LogP) is 6.41. The van der Waals surface area contributed by atoms with Gasteiger partial charge in [-0.1, -0.05) is 0 Å². The highest BCUT2D eigenvalue weighted by atomic mass is 19.3. The van der Waals surface area contributed by atoms with Crippen LogP contribution in [0.2, 0.25) is 0 Å². The number of ether oxygens (including phenoxy) is 1. The zero-order valence-electron chi connectivity index (χ0n) is 31.6. The maximum Gasteiger partial charge on any atom is 0.410 e. The smallest absolute Gasteiger partial charge is 0.410 e. The SMILES string of the molecule is CC(=O)N1CCc2c(c(N3CCCc4cc(-c5cnn(C)c5)c(C(F)F)cc43)nn2C2CCN(C(=O)CC3CCN(C(=O)OC(C)(C)C)CC3)CC2)C1. The molecule has 0 radical (unpaired) electrons. The summed E-state index contributed by atoms with van der Waals surface area (Å²) >= 11 is 0. The number of aryl methyl sites for hydroxylation is 2. The summed E-state index contributed by atoms with van der Waals surface area (Å²) in [5, 5.41) is 9.48. The average molecular weight is 735 g/mol. The molecule has 1 aromatic carbocycles. The lowest BCUT2D eigenvalue weighted by Gasteiger charge is -2.36. The minimum absolute atomic E-state index is 0.00294. The number of alkyl halides is 2. The van der Waals surface area contributed by atoms with E-state index in [0.29, 0.717) is 69.8 Å². The third-order valence-corrected chi connectivity index (χ3v) is 11.3. The molecule has 0 saturated carbocycles. The van der Waals surface area contributed by atoms with Crippen LogP contribution < -0.4 is 4.90 Å². The minimum atomic E-state index is -2.67. The van der Waals surface area contributed by atoms with Crippen molar-refractivity contribution in [2.75, 3.05) is 44.2 Å². The first-order valence-corrected chi connectivity index (χ1v) is 19.1. The molecule has 2 fully saturated rings. The number of hydrogen-bond donors (Lipinski definition) is 0. The van der Waals surface area contributed by atoms with Crippen molar-refractivity contribution in [3.63, 3.8) is 0 Å². The Morgan fingerprint density at radius 1 is 0.943 bits per heavy atom. The maximum atomic E-state index is 14.6. The Kier molecular flexibility index (Phi) is 10.2. The summed E-state index contributed by atoms with van der Waals surface area (Å²) in [5.41, 5.74) is 4.39. The zero-order chi connectivity index (χ0) is 37.6. The van der Waals surface area contributed by atoms with Gasteiger partial charge in [-0.3, -0.25) is 19.0 Å². The lowest BCUT2D eigenvalue weighted by atomic mass is 9.92. The van der Waals surface area contributed by atoms with Gasteiger partial charge in [0.2, 0.25) is 11.8 Å². The number of nitrogens with zero attached hydrogens (tertiary/aromatic N) is 8. The second-order valence-corrected chi connectivity index (χ2v) is 16.1. The molecule has 2 aromatic heterocycles. The van der Waals surface area contributed by atoms with Gasteiger partial charge in [0.1, 0.15) is 5.60 Å². The Balaban J connectivity index is 1.08. The van der Waals surface area contributed by atoms with Crippen molar-refractivity contribution in [1.29, 1.82) is 0 Å². The van der Waals surface area contributed by atoms with Gasteiger partial charge < -0.3 is 24.3 Å². The number of halogens is 2. The maximum absolute atomic E-state index is 14.6. The van der Waals surface area contributed by atoms with Crippen LogP contribution in [0.4, 0.5) is 25.1 Å². The van der Waals surface area contributed by atoms with Gasteiger partial charge in [-0.25, -0.2) is 13.6 Å². The van der Waals surface area contributed by atoms with Crippen molar-refractivity contribution in [2.24, 2.45) is 13.0 Å². The molecule has 0 unspecified atom stereocenters. The second kappa shape index (κ2) is 14.7. The first-order valence-electron chi connectivity index (χ1n) is 19.1. The molecule has 12 nitrogen and oxygen atoms in total. The number of carbonyl (C=O) groups excluding carboxylic acids is 3. The largest absolute Gasteiger partial charge is 0.444 e. The fourth-order valence-electron chi connectivity index (χ4n) is 8.46. The molecule has 0 bridgehead atoms. The number of benzene rings is 1. The van der Waals surface area contributed by atoms with E-state index in [-0.39, 0.29) is 35.4 Å². The first-order chi connectivity index (χ1) is 25.3. The molecule has 2 saturated heterocycles. The van der Waals surface area contributed by atoms with Crippen molar-refractivity contribution in [3.05, 3.63) is 46.9 Å². The fourth-order valence-corrected chi connectivity index (χ4v) is 8.46. The van der Waals surface area contributed by atoms with Crippen LogP contribution in [0, 0.1) is 5.92 Å². The van der Waals surface area contributed by atoms with Gasteiger partial charge in [-0.2, -0.15) is 10.2 Å². The highest BCUT2D eigenvalue weighted by Gasteiger charge is 2.36. The molecule has 3 aromatic rings. The van der Waals surface area contributed by atoms with E-state index in [9.17, 15) is 23.2 Å². The Morgan fingerprint density at radius 2 is 1.66 bits per heavy atom. The van der Waals surface area contributed by atoms with Gasteiger partial charge in [-0.15, -0.1) is 0 Å². The normalized spacial score (nSPS) is 18.7. The number of piperidine rings is 2. The van der Waals surface area contributed by atoms with Gasteiger partial charge in [0, 0.05) is 100 Å². The number of hydrogen-bond acceptors (Lipinski definition) is 7. The molecular weight excluding hydrogens is 682 g/mol. The van der Waals surface area contributed by atoms with Gasteiger partial charge >= 0.3 is 6.09 Å². The number of aromatic nitrogens is 4. The highest BCUT2D eigenvalue weighted by Crippen LogP contribution is 2.44. The molecule has 4 aliphatic heterocycles. The van der Waals surface area contributed by atoms with Gasteiger partial charge in [0.15, 0.2) is 5.82 Å². The lowest BCUT2D eigenvalue weighted by Crippen LogP contribution is -2.44. The molecule has 53 heavy (non-hydrogen) atoms. The molecule has 286 valence electrons. The fraction of sp³-hybridized carbons (Fsp3) is 0.615. The molecule has 0 atom stereocenters. The third kappa shape index (κ3) is 7.77. The van der Waals surface area contributed by atoms with Gasteiger partial charge in [0.25, 0.3) is 6.43 Å². The van der Waals surface area contributed by atoms with E-state index >= 15 is 0 Å². The summed E-state index contributed by atoms with van der Waals surface area (Å²) in [6.45, 7) is 11.3. The molecule has 4 aliphatic rings. The minimum Gasteiger partial charge on any atom is -0.444 e. The topological polar surface area (TPSA) is 109 Å². The monoisotopic (exact) mass is 734 g/mol. The number of fused-ring (bicyclic) bond motifs is 2. The number of carbonyl (C=O) groups is 3. The Labute approximate surface area is 310 Å². The predicted molar refractivity (Wildman–Crippen MR) is 196 cm³/mol. The molecular formula is C39H52F2N8O4. The van der Waals surface area contributed by atoms with Crippen LogP contribution in [-0.4, -0.2) is 97.0 Å². The van der Waals surface area contributed by atoms with E-state index < -0.39 is 12.0 Å². The quantitative estimate of drug-likeness (QED) is 0.288. The summed E-state index contributed by atoms with van der Waals surface area (Å²) in [4.78, 5) is 46.2. The summed E-state index contributed by atoms with van der Waals surface area (Å²) in [6, 6.07) is 3.60. The Hall–Kier alpha value is -4.49. The zero-order valence-corrected chi connectivity index (χ0v) is 31.6. The Morgan fingerprint density at radius 3 is 2.30 bits per heavy atom. The van der Waals surface area contributed by atoms with E-state index in [4.69, 9.17) is 9.84 Å². The number of likely N-dealkylation sites (tertiary alicyclic amines) is 2. The lowest BCUT2D eigenvalue weighted by molar-refractivity contribution is -0.134. The van der Waals surface area contributed by atoms with Crippen molar-refractivity contribution in [2.45, 2.75) is 104 Å². The molecule has 14 heteroatoms. The van der Waals surface area contributed by atoms with Gasteiger partial charge in [0.05, 0.1) is 18.8 Å². The average Bonchev–Trinajstić information content (AvgIpc) is 3.73. The van der Waals surface area contributed by atoms with E-state index in [2.05, 4.69) is 14.7 Å². The van der Waals surface area contributed by atoms with Crippen molar-refractivity contribution in [1.82, 2.24) is 34.3 Å². The summed E-state index contributed by atoms with van der Waals surface area (Å²) in [6.07, 6.45) is 6.24. The van der Waals surface area contributed by atoms with Crippen LogP contribution in [0.1, 0.15) is 101 Å². The third-order valence-electron chi connectivity index (χ3n) is 11.3. The van der Waals surface area contributed by atoms with Crippen LogP contribution in [0.3, 0.4) is 0 Å². The van der Waals surface area contributed by atoms with Crippen molar-refractivity contribution in [3.8, 4) is 11.1 Å². The van der Waals surface area contributed by atoms with Crippen molar-refractivity contribution >= 4 is 29.4 Å². The van der Waals surface area contributed by atoms with Crippen LogP contribution in [-0.2, 0) is 40.8 Å². The first kappa shape index (κ1) is 36.9. The van der Waals surface area contributed by atoms with E-state index in [1.165, 1.54) is 0 Å². The van der Waals surface area contributed by atoms with Crippen LogP contribution in [0.5, 0.6) is 0 Å². The summed E-state index contributed by atoms with van der Waals surface area (Å²) in [5.74, 6) is 1.13. The number of anilines is 2. The molecule has 7 rings (SSSR count). The van der Waals surface area contributed by atoms with E-state index in [1.807, 2.05) is 36.6 Å². The van der Waals surface area contributed by atoms with Crippen molar-refractivity contribution < 1.29 is 27.9 Å². The summed E-state index contributed by atoms with van der Waals surface area (Å²) in [7, 11) is 1.78. The molecule has 0 spiro atoms. The van der Waals surface area contributed by atoms with E-state index in [0.717, 1.165) is 66.9 Å². The molecule has 0 aliphatic carbocycles. The molecule has 3 amide bonds. The Bertz CT molecular complexity index is 1850. The van der Waals surface area contributed by atoms with Crippen LogP contribution in [0.25, 0.3) is 11.1 Å². The van der Waals surface area contributed by atoms with Gasteiger partial charge in [-0.05, 0) is 88.5 Å². The number of rotatable bonds is 6. The standard InChI is InChI=1S/C39H52F2N8O4/c1-25(50)47-18-12-33-32(24-47)37(48-13-6-7-27-20-30(28-22-42-44(5)23-28)31(36(40)41)21-34(27)48)43-49(33)29-10-16-45(17-11-29)35(51)19-26-8-14-46(15-9-26)38(52)53-39(2,3)4/h20-23,26,29,36H,6-19,24H2,1-5H3. The summed E-state index contributed by atoms with van der Waals surface area (Å²) < 4.78 is 38.5. The second-order valence-electron chi connectivity index (χ2n) is 16.1. The molecule has 0 N–H and O–H groups in total. The van der Waals surface area contributed by atoms with Crippen LogP contribution >= 0.6 is 0 Å². The van der Waals surface area contributed by atoms with E-state index in [1.54, 1.807) is 42.0 Å². The van der Waals surface area contributed by atoms with Crippen LogP contribution in [0.15, 0.2) is 24.5 Å². The molecule has 6 heterocycles.